The number of hydrogen-bond acceptors (Lipinski definition) is 3. The van der Waals surface area contributed by atoms with Crippen LogP contribution in [0.15, 0.2) is 36.7 Å². The monoisotopic (exact) mass is 247 g/mol. The van der Waals surface area contributed by atoms with Crippen molar-refractivity contribution in [3.63, 3.8) is 0 Å². The summed E-state index contributed by atoms with van der Waals surface area (Å²) in [4.78, 5) is 5.92. The molecule has 2 N–H and O–H groups in total. The van der Waals surface area contributed by atoms with Gasteiger partial charge in [0, 0.05) is 18.9 Å². The van der Waals surface area contributed by atoms with Crippen LogP contribution in [0, 0.1) is 6.92 Å². The lowest BCUT2D eigenvalue weighted by molar-refractivity contribution is 1.18. The van der Waals surface area contributed by atoms with Gasteiger partial charge in [-0.15, -0.1) is 0 Å². The summed E-state index contributed by atoms with van der Waals surface area (Å²) in [6.07, 6.45) is 3.20. The second kappa shape index (κ2) is 4.63. The summed E-state index contributed by atoms with van der Waals surface area (Å²) in [5.41, 5.74) is 9.50. The van der Waals surface area contributed by atoms with Gasteiger partial charge in [0.15, 0.2) is 0 Å². The minimum absolute atomic E-state index is 0.550. The molecule has 2 rings (SSSR count). The Morgan fingerprint density at radius 3 is 2.71 bits per heavy atom. The quantitative estimate of drug-likeness (QED) is 0.885. The molecule has 0 aliphatic carbocycles. The molecule has 0 saturated heterocycles. The molecule has 0 aliphatic rings. The first-order valence-corrected chi connectivity index (χ1v) is 5.67. The molecule has 0 fully saturated rings. The second-order valence-electron chi connectivity index (χ2n) is 3.96. The normalized spacial score (nSPS) is 10.3. The number of anilines is 3. The highest BCUT2D eigenvalue weighted by Crippen LogP contribution is 2.34. The fourth-order valence-corrected chi connectivity index (χ4v) is 2.05. The van der Waals surface area contributed by atoms with Gasteiger partial charge in [-0.2, -0.15) is 0 Å². The number of halogens is 1. The van der Waals surface area contributed by atoms with Crippen LogP contribution in [0.1, 0.15) is 5.56 Å². The van der Waals surface area contributed by atoms with Crippen LogP contribution in [-0.4, -0.2) is 12.0 Å². The molecule has 1 aromatic heterocycles. The predicted octanol–water partition coefficient (Wildman–Crippen LogP) is 3.39. The summed E-state index contributed by atoms with van der Waals surface area (Å²) in [6, 6.07) is 8.15. The Hall–Kier alpha value is -1.74. The van der Waals surface area contributed by atoms with Gasteiger partial charge in [-0.25, -0.2) is 0 Å². The summed E-state index contributed by atoms with van der Waals surface area (Å²) in [7, 11) is 1.94. The van der Waals surface area contributed by atoms with Crippen molar-refractivity contribution in [1.82, 2.24) is 4.98 Å². The Bertz CT molecular complexity index is 520. The number of pyridine rings is 1. The van der Waals surface area contributed by atoms with Gasteiger partial charge in [0.25, 0.3) is 0 Å². The fourth-order valence-electron chi connectivity index (χ4n) is 1.76. The zero-order valence-corrected chi connectivity index (χ0v) is 10.6. The van der Waals surface area contributed by atoms with Crippen molar-refractivity contribution in [2.45, 2.75) is 6.92 Å². The van der Waals surface area contributed by atoms with Crippen molar-refractivity contribution in [2.24, 2.45) is 0 Å². The molecule has 1 aromatic carbocycles. The topological polar surface area (TPSA) is 42.1 Å². The van der Waals surface area contributed by atoms with Crippen LogP contribution in [0.3, 0.4) is 0 Å². The van der Waals surface area contributed by atoms with Gasteiger partial charge in [0.1, 0.15) is 0 Å². The number of aromatic nitrogens is 1. The highest BCUT2D eigenvalue weighted by Gasteiger charge is 2.12. The first-order valence-electron chi connectivity index (χ1n) is 5.29. The van der Waals surface area contributed by atoms with Gasteiger partial charge in [-0.3, -0.25) is 4.98 Å². The smallest absolute Gasteiger partial charge is 0.0862 e. The number of nitrogens with zero attached hydrogens (tertiary/aromatic N) is 2. The molecule has 17 heavy (non-hydrogen) atoms. The van der Waals surface area contributed by atoms with Crippen LogP contribution < -0.4 is 10.6 Å². The largest absolute Gasteiger partial charge is 0.396 e. The molecule has 0 saturated carbocycles. The summed E-state index contributed by atoms with van der Waals surface area (Å²) < 4.78 is 0. The average Bonchev–Trinajstić information content (AvgIpc) is 2.28. The van der Waals surface area contributed by atoms with E-state index in [1.54, 1.807) is 12.4 Å². The van der Waals surface area contributed by atoms with E-state index in [2.05, 4.69) is 24.0 Å². The Morgan fingerprint density at radius 1 is 1.29 bits per heavy atom. The summed E-state index contributed by atoms with van der Waals surface area (Å²) in [5, 5.41) is 0.550. The first-order chi connectivity index (χ1) is 8.09. The molecule has 0 bridgehead atoms. The molecule has 0 unspecified atom stereocenters. The van der Waals surface area contributed by atoms with E-state index in [1.807, 2.05) is 24.1 Å². The van der Waals surface area contributed by atoms with Crippen molar-refractivity contribution in [2.75, 3.05) is 17.7 Å². The SMILES string of the molecule is Cc1cccc(N(C)c2c(N)cncc2Cl)c1. The summed E-state index contributed by atoms with van der Waals surface area (Å²) in [5.74, 6) is 0. The number of nitrogen functional groups attached to an aromatic ring is 1. The zero-order chi connectivity index (χ0) is 12.4. The maximum atomic E-state index is 6.13. The van der Waals surface area contributed by atoms with Crippen molar-refractivity contribution < 1.29 is 0 Å². The van der Waals surface area contributed by atoms with Gasteiger partial charge >= 0.3 is 0 Å². The van der Waals surface area contributed by atoms with Crippen molar-refractivity contribution in [1.29, 1.82) is 0 Å². The molecule has 0 spiro atoms. The molecule has 1 heterocycles. The molecule has 0 radical (unpaired) electrons. The summed E-state index contributed by atoms with van der Waals surface area (Å²) >= 11 is 6.13. The highest BCUT2D eigenvalue weighted by atomic mass is 35.5. The Balaban J connectivity index is 2.47. The van der Waals surface area contributed by atoms with E-state index in [9.17, 15) is 0 Å². The maximum absolute atomic E-state index is 6.13. The molecule has 2 aromatic rings. The van der Waals surface area contributed by atoms with Crippen molar-refractivity contribution in [3.8, 4) is 0 Å². The Morgan fingerprint density at radius 2 is 2.06 bits per heavy atom. The molecule has 3 nitrogen and oxygen atoms in total. The van der Waals surface area contributed by atoms with Crippen LogP contribution in [-0.2, 0) is 0 Å². The first kappa shape index (κ1) is 11.7. The van der Waals surface area contributed by atoms with Gasteiger partial charge < -0.3 is 10.6 Å². The fraction of sp³-hybridized carbons (Fsp3) is 0.154. The van der Waals surface area contributed by atoms with E-state index in [0.717, 1.165) is 11.4 Å². The molecular weight excluding hydrogens is 234 g/mol. The maximum Gasteiger partial charge on any atom is 0.0862 e. The van der Waals surface area contributed by atoms with Gasteiger partial charge in [-0.05, 0) is 24.6 Å². The van der Waals surface area contributed by atoms with Crippen LogP contribution >= 0.6 is 11.6 Å². The molecule has 0 atom stereocenters. The van der Waals surface area contributed by atoms with E-state index in [1.165, 1.54) is 5.56 Å². The number of aryl methyl sites for hydroxylation is 1. The van der Waals surface area contributed by atoms with Gasteiger partial charge in [0.2, 0.25) is 0 Å². The van der Waals surface area contributed by atoms with Gasteiger partial charge in [-0.1, -0.05) is 23.7 Å². The van der Waals surface area contributed by atoms with Crippen LogP contribution in [0.2, 0.25) is 5.02 Å². The van der Waals surface area contributed by atoms with E-state index in [0.29, 0.717) is 10.7 Å². The van der Waals surface area contributed by atoms with E-state index in [4.69, 9.17) is 17.3 Å². The second-order valence-corrected chi connectivity index (χ2v) is 4.36. The van der Waals surface area contributed by atoms with Crippen molar-refractivity contribution in [3.05, 3.63) is 47.2 Å². The van der Waals surface area contributed by atoms with Crippen LogP contribution in [0.5, 0.6) is 0 Å². The standard InChI is InChI=1S/C13H14ClN3/c1-9-4-3-5-10(6-9)17(2)13-11(14)7-16-8-12(13)15/h3-8H,15H2,1-2H3. The molecule has 88 valence electrons. The van der Waals surface area contributed by atoms with Gasteiger partial charge in [0.05, 0.1) is 22.6 Å². The summed E-state index contributed by atoms with van der Waals surface area (Å²) in [6.45, 7) is 2.05. The average molecular weight is 248 g/mol. The number of nitrogens with two attached hydrogens (primary N) is 1. The zero-order valence-electron chi connectivity index (χ0n) is 9.81. The van der Waals surface area contributed by atoms with E-state index in [-0.39, 0.29) is 0 Å². The number of rotatable bonds is 2. The minimum Gasteiger partial charge on any atom is -0.396 e. The lowest BCUT2D eigenvalue weighted by Gasteiger charge is -2.22. The third kappa shape index (κ3) is 2.34. The van der Waals surface area contributed by atoms with Crippen LogP contribution in [0.25, 0.3) is 0 Å². The highest BCUT2D eigenvalue weighted by molar-refractivity contribution is 6.34. The lowest BCUT2D eigenvalue weighted by atomic mass is 10.2. The third-order valence-electron chi connectivity index (χ3n) is 2.63. The number of hydrogen-bond donors (Lipinski definition) is 1. The predicted molar refractivity (Wildman–Crippen MR) is 72.9 cm³/mol. The minimum atomic E-state index is 0.550. The van der Waals surface area contributed by atoms with E-state index >= 15 is 0 Å². The Kier molecular flexibility index (Phi) is 3.20. The molecule has 4 heteroatoms. The molecule has 0 amide bonds. The third-order valence-corrected chi connectivity index (χ3v) is 2.90. The van der Waals surface area contributed by atoms with E-state index < -0.39 is 0 Å². The lowest BCUT2D eigenvalue weighted by Crippen LogP contribution is -2.12. The van der Waals surface area contributed by atoms with Crippen LogP contribution in [0.4, 0.5) is 17.1 Å². The Labute approximate surface area is 106 Å². The van der Waals surface area contributed by atoms with Crippen molar-refractivity contribution >= 4 is 28.7 Å². The molecule has 0 aliphatic heterocycles. The molecular formula is C13H14ClN3. The number of benzene rings is 1.